The number of aliphatic hydroxyl groups is 1. The zero-order chi connectivity index (χ0) is 20.8. The number of aromatic nitrogens is 6. The van der Waals surface area contributed by atoms with Crippen molar-refractivity contribution in [2.75, 3.05) is 0 Å². The van der Waals surface area contributed by atoms with Crippen LogP contribution in [0.15, 0.2) is 58.6 Å². The van der Waals surface area contributed by atoms with Gasteiger partial charge in [0.25, 0.3) is 0 Å². The van der Waals surface area contributed by atoms with Gasteiger partial charge in [0.05, 0.1) is 24.3 Å². The van der Waals surface area contributed by atoms with E-state index in [9.17, 15) is 18.7 Å². The van der Waals surface area contributed by atoms with Crippen molar-refractivity contribution in [3.05, 3.63) is 81.5 Å². The van der Waals surface area contributed by atoms with Crippen LogP contribution in [0.2, 0.25) is 0 Å². The van der Waals surface area contributed by atoms with E-state index in [2.05, 4.69) is 31.1 Å². The predicted octanol–water partition coefficient (Wildman–Crippen LogP) is 2.28. The van der Waals surface area contributed by atoms with Gasteiger partial charge in [0.2, 0.25) is 0 Å². The molecule has 4 rings (SSSR count). The van der Waals surface area contributed by atoms with Crippen LogP contribution in [0, 0.1) is 49.4 Å². The first-order chi connectivity index (χ1) is 13.8. The molecule has 158 valence electrons. The van der Waals surface area contributed by atoms with Gasteiger partial charge in [0.1, 0.15) is 29.9 Å². The molecule has 3 heterocycles. The first-order valence-corrected chi connectivity index (χ1v) is 9.34. The van der Waals surface area contributed by atoms with Gasteiger partial charge in [-0.2, -0.15) is 10.2 Å². The molecular weight excluding hydrogens is 490 g/mol. The molecule has 2 unspecified atom stereocenters. The van der Waals surface area contributed by atoms with E-state index in [1.54, 1.807) is 12.3 Å². The van der Waals surface area contributed by atoms with Crippen LogP contribution < -0.4 is 5.69 Å². The SMILES string of the molecule is CC(n1ncc2cc(Br)cn2c1=O)C(O)(Cn1cncn1)c1ccc(F)cc1F.[Ar]. The zero-order valence-electron chi connectivity index (χ0n) is 15.4. The summed E-state index contributed by atoms with van der Waals surface area (Å²) in [6, 6.07) is 3.54. The zero-order valence-corrected chi connectivity index (χ0v) is 17.7. The van der Waals surface area contributed by atoms with Crippen molar-refractivity contribution in [1.82, 2.24) is 28.9 Å². The van der Waals surface area contributed by atoms with E-state index < -0.39 is 29.0 Å². The minimum Gasteiger partial charge on any atom is -0.381 e. The molecule has 1 N–H and O–H groups in total. The van der Waals surface area contributed by atoms with Crippen molar-refractivity contribution in [2.24, 2.45) is 0 Å². The summed E-state index contributed by atoms with van der Waals surface area (Å²) >= 11 is 3.30. The number of nitrogens with zero attached hydrogens (tertiary/aromatic N) is 6. The number of benzene rings is 1. The smallest absolute Gasteiger partial charge is 0.349 e. The molecule has 0 fully saturated rings. The van der Waals surface area contributed by atoms with Gasteiger partial charge in [-0.3, -0.25) is 4.40 Å². The average molecular weight is 505 g/mol. The maximum atomic E-state index is 14.6. The summed E-state index contributed by atoms with van der Waals surface area (Å²) in [7, 11) is 0. The van der Waals surface area contributed by atoms with Gasteiger partial charge in [0, 0.05) is 60.0 Å². The van der Waals surface area contributed by atoms with Crippen LogP contribution in [-0.2, 0) is 12.1 Å². The van der Waals surface area contributed by atoms with Crippen LogP contribution in [0.5, 0.6) is 0 Å². The normalized spacial score (nSPS) is 14.3. The molecule has 0 spiro atoms. The van der Waals surface area contributed by atoms with E-state index in [4.69, 9.17) is 0 Å². The largest absolute Gasteiger partial charge is 0.381 e. The number of halogens is 3. The molecule has 30 heavy (non-hydrogen) atoms. The van der Waals surface area contributed by atoms with E-state index in [-0.39, 0.29) is 49.8 Å². The summed E-state index contributed by atoms with van der Waals surface area (Å²) in [4.78, 5) is 16.8. The van der Waals surface area contributed by atoms with Gasteiger partial charge in [-0.15, -0.1) is 0 Å². The maximum absolute atomic E-state index is 14.6. The Morgan fingerprint density at radius 3 is 2.70 bits per heavy atom. The van der Waals surface area contributed by atoms with Crippen LogP contribution in [0.25, 0.3) is 5.52 Å². The molecule has 0 aliphatic heterocycles. The maximum Gasteiger partial charge on any atom is 0.349 e. The fourth-order valence-corrected chi connectivity index (χ4v) is 3.74. The molecule has 0 bridgehead atoms. The van der Waals surface area contributed by atoms with Crippen molar-refractivity contribution in [1.29, 1.82) is 0 Å². The first-order valence-electron chi connectivity index (χ1n) is 8.55. The molecule has 0 aliphatic rings. The Balaban J connectivity index is 0.00000256. The fraction of sp³-hybridized carbons (Fsp3) is 0.222. The summed E-state index contributed by atoms with van der Waals surface area (Å²) < 4.78 is 32.5. The molecule has 0 saturated carbocycles. The van der Waals surface area contributed by atoms with E-state index in [1.165, 1.54) is 34.9 Å². The van der Waals surface area contributed by atoms with Gasteiger partial charge in [-0.05, 0) is 35.0 Å². The molecule has 0 aliphatic carbocycles. The monoisotopic (exact) mass is 504 g/mol. The second kappa shape index (κ2) is 8.83. The number of rotatable bonds is 5. The van der Waals surface area contributed by atoms with Gasteiger partial charge in [-0.1, -0.05) is 6.07 Å². The Morgan fingerprint density at radius 1 is 1.27 bits per heavy atom. The standard InChI is InChI=1S/C18H15BrF2N6O2.Ar/c1-11(27-17(28)26-7-12(19)4-14(26)6-23-27)18(29,8-25-10-22-9-24-25)15-3-2-13(20)5-16(15)21;/h2-7,9-11,29H,8H2,1H3;. The summed E-state index contributed by atoms with van der Waals surface area (Å²) in [6.45, 7) is 1.29. The van der Waals surface area contributed by atoms with Crippen LogP contribution in [0.3, 0.4) is 0 Å². The summed E-state index contributed by atoms with van der Waals surface area (Å²) in [6.07, 6.45) is 5.64. The van der Waals surface area contributed by atoms with Crippen molar-refractivity contribution >= 4 is 21.4 Å². The molecule has 2 atom stereocenters. The van der Waals surface area contributed by atoms with Crippen LogP contribution >= 0.6 is 15.9 Å². The van der Waals surface area contributed by atoms with Gasteiger partial charge < -0.3 is 5.11 Å². The molecule has 0 saturated heterocycles. The number of hydrogen-bond donors (Lipinski definition) is 1. The first kappa shape index (κ1) is 23.0. The van der Waals surface area contributed by atoms with Crippen LogP contribution in [-0.4, -0.2) is 34.1 Å². The van der Waals surface area contributed by atoms with Crippen LogP contribution in [0.1, 0.15) is 18.5 Å². The molecule has 0 amide bonds. The Morgan fingerprint density at radius 2 is 2.03 bits per heavy atom. The minimum atomic E-state index is -1.99. The van der Waals surface area contributed by atoms with Crippen molar-refractivity contribution in [3.63, 3.8) is 0 Å². The van der Waals surface area contributed by atoms with Gasteiger partial charge in [0.15, 0.2) is 0 Å². The summed E-state index contributed by atoms with van der Waals surface area (Å²) in [5.74, 6) is -1.73. The van der Waals surface area contributed by atoms with Crippen molar-refractivity contribution in [2.45, 2.75) is 25.1 Å². The molecular formula is C18H15ArBrF2N6O2. The second-order valence-corrected chi connectivity index (χ2v) is 7.56. The molecule has 0 radical (unpaired) electrons. The fourth-order valence-electron chi connectivity index (χ4n) is 3.30. The van der Waals surface area contributed by atoms with E-state index in [1.807, 2.05) is 0 Å². The molecule has 3 aromatic heterocycles. The minimum absolute atomic E-state index is 0. The van der Waals surface area contributed by atoms with Crippen LogP contribution in [0.4, 0.5) is 8.78 Å². The Labute approximate surface area is 207 Å². The summed E-state index contributed by atoms with van der Waals surface area (Å²) in [5, 5.41) is 19.7. The Kier molecular flexibility index (Phi) is 6.78. The quantitative estimate of drug-likeness (QED) is 0.450. The average Bonchev–Trinajstić information content (AvgIpc) is 3.30. The third kappa shape index (κ3) is 4.09. The van der Waals surface area contributed by atoms with E-state index in [0.29, 0.717) is 16.1 Å². The molecule has 8 nitrogen and oxygen atoms in total. The van der Waals surface area contributed by atoms with Crippen molar-refractivity contribution < 1.29 is 51.6 Å². The third-order valence-electron chi connectivity index (χ3n) is 4.86. The van der Waals surface area contributed by atoms with E-state index >= 15 is 0 Å². The van der Waals surface area contributed by atoms with Crippen molar-refractivity contribution in [3.8, 4) is 0 Å². The van der Waals surface area contributed by atoms with Gasteiger partial charge in [-0.25, -0.2) is 27.9 Å². The Bertz CT molecular complexity index is 1250. The molecule has 4 aromatic rings. The molecule has 1 aromatic carbocycles. The van der Waals surface area contributed by atoms with Gasteiger partial charge >= 0.3 is 5.69 Å². The molecule has 12 heteroatoms. The number of hydrogen-bond acceptors (Lipinski definition) is 5. The Hall–Kier alpha value is -1.66. The predicted molar refractivity (Wildman–Crippen MR) is 102 cm³/mol. The topological polar surface area (TPSA) is 90.2 Å². The summed E-state index contributed by atoms with van der Waals surface area (Å²) in [5.41, 5.74) is -2.15. The second-order valence-electron chi connectivity index (χ2n) is 6.64. The van der Waals surface area contributed by atoms with E-state index in [0.717, 1.165) is 16.8 Å². The third-order valence-corrected chi connectivity index (χ3v) is 5.29. The number of fused-ring (bicyclic) bond motifs is 1.